The van der Waals surface area contributed by atoms with Crippen LogP contribution in [-0.4, -0.2) is 62.4 Å². The highest BCUT2D eigenvalue weighted by Crippen LogP contribution is 2.09. The van der Waals surface area contributed by atoms with Gasteiger partial charge < -0.3 is 19.7 Å². The molecule has 0 unspecified atom stereocenters. The maximum atomic E-state index is 11.9. The van der Waals surface area contributed by atoms with E-state index in [1.165, 1.54) is 0 Å². The van der Waals surface area contributed by atoms with Crippen molar-refractivity contribution in [1.29, 1.82) is 0 Å². The zero-order chi connectivity index (χ0) is 13.5. The highest BCUT2D eigenvalue weighted by molar-refractivity contribution is 5.92. The van der Waals surface area contributed by atoms with E-state index >= 15 is 0 Å². The Morgan fingerprint density at radius 1 is 1.53 bits per heavy atom. The molecule has 1 aromatic rings. The van der Waals surface area contributed by atoms with Gasteiger partial charge >= 0.3 is 0 Å². The van der Waals surface area contributed by atoms with E-state index < -0.39 is 0 Å². The number of amides is 1. The minimum atomic E-state index is -0.214. The smallest absolute Gasteiger partial charge is 0.270 e. The third-order valence-electron chi connectivity index (χ3n) is 2.76. The first-order valence-corrected chi connectivity index (χ1v) is 6.24. The van der Waals surface area contributed by atoms with Crippen LogP contribution in [0.15, 0.2) is 12.3 Å². The number of nitrogens with zero attached hydrogens (tertiary/aromatic N) is 3. The Balaban J connectivity index is 1.99. The van der Waals surface area contributed by atoms with E-state index in [0.717, 1.165) is 13.1 Å². The molecule has 1 fully saturated rings. The summed E-state index contributed by atoms with van der Waals surface area (Å²) in [5.74, 6) is 0.358. The molecule has 2 rings (SSSR count). The van der Waals surface area contributed by atoms with Gasteiger partial charge in [0.2, 0.25) is 5.95 Å². The summed E-state index contributed by atoms with van der Waals surface area (Å²) in [6, 6.07) is 1.60. The van der Waals surface area contributed by atoms with Crippen LogP contribution in [-0.2, 0) is 9.47 Å². The molecular weight excluding hydrogens is 248 g/mol. The van der Waals surface area contributed by atoms with Crippen molar-refractivity contribution in [1.82, 2.24) is 15.3 Å². The highest BCUT2D eigenvalue weighted by atomic mass is 16.5. The number of nitrogens with one attached hydrogen (secondary N) is 1. The number of hydrogen-bond acceptors (Lipinski definition) is 6. The summed E-state index contributed by atoms with van der Waals surface area (Å²) in [6.45, 7) is 3.75. The maximum absolute atomic E-state index is 11.9. The minimum absolute atomic E-state index is 0.214. The summed E-state index contributed by atoms with van der Waals surface area (Å²) in [7, 11) is 1.59. The van der Waals surface area contributed by atoms with Crippen molar-refractivity contribution < 1.29 is 14.3 Å². The van der Waals surface area contributed by atoms with Crippen LogP contribution in [0.1, 0.15) is 10.5 Å². The second kappa shape index (κ2) is 7.01. The molecule has 0 aliphatic carbocycles. The van der Waals surface area contributed by atoms with Gasteiger partial charge in [-0.25, -0.2) is 9.97 Å². The van der Waals surface area contributed by atoms with Gasteiger partial charge in [-0.05, 0) is 6.07 Å². The van der Waals surface area contributed by atoms with E-state index in [0.29, 0.717) is 38.0 Å². The first-order chi connectivity index (χ1) is 9.31. The quantitative estimate of drug-likeness (QED) is 0.737. The van der Waals surface area contributed by atoms with Gasteiger partial charge in [-0.15, -0.1) is 0 Å². The number of aromatic nitrogens is 2. The molecule has 2 heterocycles. The minimum Gasteiger partial charge on any atom is -0.383 e. The molecule has 0 bridgehead atoms. The third-order valence-corrected chi connectivity index (χ3v) is 2.76. The average molecular weight is 266 g/mol. The zero-order valence-electron chi connectivity index (χ0n) is 11.0. The summed E-state index contributed by atoms with van der Waals surface area (Å²) in [5, 5.41) is 2.73. The summed E-state index contributed by atoms with van der Waals surface area (Å²) >= 11 is 0. The van der Waals surface area contributed by atoms with E-state index in [4.69, 9.17) is 9.47 Å². The van der Waals surface area contributed by atoms with Gasteiger partial charge in [0, 0.05) is 32.9 Å². The van der Waals surface area contributed by atoms with Crippen molar-refractivity contribution in [2.24, 2.45) is 0 Å². The Labute approximate surface area is 111 Å². The maximum Gasteiger partial charge on any atom is 0.270 e. The fourth-order valence-electron chi connectivity index (χ4n) is 1.75. The van der Waals surface area contributed by atoms with Crippen LogP contribution in [0.25, 0.3) is 0 Å². The fraction of sp³-hybridized carbons (Fsp3) is 0.583. The van der Waals surface area contributed by atoms with E-state index in [9.17, 15) is 4.79 Å². The topological polar surface area (TPSA) is 76.6 Å². The molecule has 1 N–H and O–H groups in total. The first-order valence-electron chi connectivity index (χ1n) is 6.24. The van der Waals surface area contributed by atoms with E-state index in [-0.39, 0.29) is 5.91 Å². The van der Waals surface area contributed by atoms with Crippen molar-refractivity contribution >= 4 is 11.9 Å². The molecule has 7 heteroatoms. The molecule has 1 aliphatic heterocycles. The summed E-state index contributed by atoms with van der Waals surface area (Å²) in [6.07, 6.45) is 1.60. The van der Waals surface area contributed by atoms with Crippen molar-refractivity contribution in [3.63, 3.8) is 0 Å². The number of anilines is 1. The molecular formula is C12H18N4O3. The second-order valence-electron chi connectivity index (χ2n) is 4.09. The standard InChI is InChI=1S/C12H18N4O3/c1-18-7-4-13-11(17)10-2-3-14-12(15-10)16-5-8-19-9-6-16/h2-3H,4-9H2,1H3,(H,13,17). The molecule has 1 aliphatic rings. The Kier molecular flexibility index (Phi) is 5.05. The summed E-state index contributed by atoms with van der Waals surface area (Å²) in [4.78, 5) is 22.3. The van der Waals surface area contributed by atoms with Gasteiger partial charge in [-0.3, -0.25) is 4.79 Å². The van der Waals surface area contributed by atoms with Crippen molar-refractivity contribution in [2.75, 3.05) is 51.5 Å². The Morgan fingerprint density at radius 3 is 3.05 bits per heavy atom. The van der Waals surface area contributed by atoms with Gasteiger partial charge in [-0.2, -0.15) is 0 Å². The lowest BCUT2D eigenvalue weighted by Crippen LogP contribution is -2.37. The van der Waals surface area contributed by atoms with Gasteiger partial charge in [0.05, 0.1) is 19.8 Å². The molecule has 0 spiro atoms. The molecule has 1 aromatic heterocycles. The second-order valence-corrected chi connectivity index (χ2v) is 4.09. The van der Waals surface area contributed by atoms with Crippen LogP contribution in [0.3, 0.4) is 0 Å². The molecule has 0 atom stereocenters. The van der Waals surface area contributed by atoms with Crippen LogP contribution in [0.4, 0.5) is 5.95 Å². The first kappa shape index (κ1) is 13.7. The fourth-order valence-corrected chi connectivity index (χ4v) is 1.75. The number of morpholine rings is 1. The van der Waals surface area contributed by atoms with Gasteiger partial charge in [0.1, 0.15) is 5.69 Å². The predicted octanol–water partition coefficient (Wildman–Crippen LogP) is -0.311. The largest absolute Gasteiger partial charge is 0.383 e. The normalized spacial score (nSPS) is 15.3. The number of ether oxygens (including phenoxy) is 2. The van der Waals surface area contributed by atoms with Crippen LogP contribution < -0.4 is 10.2 Å². The monoisotopic (exact) mass is 266 g/mol. The van der Waals surface area contributed by atoms with Crippen LogP contribution in [0, 0.1) is 0 Å². The Hall–Kier alpha value is -1.73. The summed E-state index contributed by atoms with van der Waals surface area (Å²) in [5.41, 5.74) is 0.368. The van der Waals surface area contributed by atoms with Crippen LogP contribution in [0.2, 0.25) is 0 Å². The van der Waals surface area contributed by atoms with Gasteiger partial charge in [0.25, 0.3) is 5.91 Å². The summed E-state index contributed by atoms with van der Waals surface area (Å²) < 4.78 is 10.2. The molecule has 0 radical (unpaired) electrons. The Morgan fingerprint density at radius 2 is 2.32 bits per heavy atom. The average Bonchev–Trinajstić information content (AvgIpc) is 2.48. The molecule has 1 amide bonds. The lowest BCUT2D eigenvalue weighted by molar-refractivity contribution is 0.0932. The van der Waals surface area contributed by atoms with Crippen LogP contribution in [0.5, 0.6) is 0 Å². The van der Waals surface area contributed by atoms with Crippen molar-refractivity contribution in [2.45, 2.75) is 0 Å². The number of hydrogen-bond donors (Lipinski definition) is 1. The lowest BCUT2D eigenvalue weighted by atomic mass is 10.3. The van der Waals surface area contributed by atoms with E-state index in [1.54, 1.807) is 19.4 Å². The highest BCUT2D eigenvalue weighted by Gasteiger charge is 2.15. The molecule has 0 aromatic carbocycles. The van der Waals surface area contributed by atoms with Gasteiger partial charge in [0.15, 0.2) is 0 Å². The zero-order valence-corrected chi connectivity index (χ0v) is 11.0. The third kappa shape index (κ3) is 3.87. The van der Waals surface area contributed by atoms with E-state index in [1.807, 2.05) is 4.90 Å². The number of rotatable bonds is 5. The predicted molar refractivity (Wildman–Crippen MR) is 69.3 cm³/mol. The van der Waals surface area contributed by atoms with Crippen LogP contribution >= 0.6 is 0 Å². The number of carbonyl (C=O) groups excluding carboxylic acids is 1. The van der Waals surface area contributed by atoms with Gasteiger partial charge in [-0.1, -0.05) is 0 Å². The molecule has 0 saturated carbocycles. The lowest BCUT2D eigenvalue weighted by Gasteiger charge is -2.26. The Bertz CT molecular complexity index is 421. The van der Waals surface area contributed by atoms with Crippen molar-refractivity contribution in [3.05, 3.63) is 18.0 Å². The molecule has 1 saturated heterocycles. The SMILES string of the molecule is COCCNC(=O)c1ccnc(N2CCOCC2)n1. The number of methoxy groups -OCH3 is 1. The number of carbonyl (C=O) groups is 1. The molecule has 19 heavy (non-hydrogen) atoms. The van der Waals surface area contributed by atoms with Crippen molar-refractivity contribution in [3.8, 4) is 0 Å². The molecule has 7 nitrogen and oxygen atoms in total. The van der Waals surface area contributed by atoms with E-state index in [2.05, 4.69) is 15.3 Å². The molecule has 104 valence electrons.